The molecule has 0 bridgehead atoms. The maximum Gasteiger partial charge on any atom is 0.265 e. The van der Waals surface area contributed by atoms with Gasteiger partial charge in [0.25, 0.3) is 10.0 Å². The molecule has 1 aliphatic rings. The molecule has 11 heteroatoms. The first kappa shape index (κ1) is 21.7. The number of ether oxygens (including phenoxy) is 2. The summed E-state index contributed by atoms with van der Waals surface area (Å²) < 4.78 is 65.7. The van der Waals surface area contributed by atoms with Gasteiger partial charge in [0.2, 0.25) is 10.0 Å². The molecule has 29 heavy (non-hydrogen) atoms. The van der Waals surface area contributed by atoms with Gasteiger partial charge in [0.05, 0.1) is 24.8 Å². The maximum atomic E-state index is 13.0. The zero-order valence-corrected chi connectivity index (χ0v) is 18.3. The maximum absolute atomic E-state index is 13.0. The molecule has 2 aromatic carbocycles. The number of benzene rings is 2. The Balaban J connectivity index is 2.03. The molecular weight excluding hydrogens is 440 g/mol. The van der Waals surface area contributed by atoms with E-state index in [-0.39, 0.29) is 32.0 Å². The normalized spacial score (nSPS) is 15.3. The first-order valence-corrected chi connectivity index (χ1v) is 12.0. The third-order valence-corrected chi connectivity index (χ3v) is 8.05. The molecular formula is C18H21ClN2O6S2. The zero-order chi connectivity index (χ0) is 21.2. The summed E-state index contributed by atoms with van der Waals surface area (Å²) in [4.78, 5) is -0.196. The predicted octanol–water partition coefficient (Wildman–Crippen LogP) is 2.94. The van der Waals surface area contributed by atoms with Gasteiger partial charge in [0.1, 0.15) is 16.4 Å². The predicted molar refractivity (Wildman–Crippen MR) is 110 cm³/mol. The summed E-state index contributed by atoms with van der Waals surface area (Å²) in [7, 11) is -5.17. The molecule has 1 fully saturated rings. The number of rotatable bonds is 7. The van der Waals surface area contributed by atoms with Crippen LogP contribution in [0.15, 0.2) is 46.2 Å². The summed E-state index contributed by atoms with van der Waals surface area (Å²) in [6, 6.07) is 8.24. The Kier molecular flexibility index (Phi) is 6.27. The van der Waals surface area contributed by atoms with Gasteiger partial charge in [0, 0.05) is 18.1 Å². The van der Waals surface area contributed by atoms with E-state index in [1.165, 1.54) is 54.9 Å². The number of halogens is 1. The minimum Gasteiger partial charge on any atom is -0.495 e. The van der Waals surface area contributed by atoms with Gasteiger partial charge < -0.3 is 9.47 Å². The fourth-order valence-corrected chi connectivity index (χ4v) is 6.10. The van der Waals surface area contributed by atoms with Crippen molar-refractivity contribution in [2.45, 2.75) is 22.6 Å². The molecule has 0 aromatic heterocycles. The summed E-state index contributed by atoms with van der Waals surface area (Å²) in [5, 5.41) is 0.212. The SMILES string of the molecule is COc1ccc(S(=O)(=O)N2CCCC2)cc1NS(=O)(=O)c1cc(Cl)ccc1OC. The summed E-state index contributed by atoms with van der Waals surface area (Å²) in [5.74, 6) is 0.275. The Hall–Kier alpha value is -2.01. The highest BCUT2D eigenvalue weighted by Gasteiger charge is 2.29. The Labute approximate surface area is 175 Å². The lowest BCUT2D eigenvalue weighted by atomic mass is 10.3. The lowest BCUT2D eigenvalue weighted by Gasteiger charge is -2.18. The number of sulfonamides is 2. The Morgan fingerprint density at radius 2 is 1.55 bits per heavy atom. The van der Waals surface area contributed by atoms with Crippen LogP contribution in [0.1, 0.15) is 12.8 Å². The van der Waals surface area contributed by atoms with Crippen LogP contribution in [0.25, 0.3) is 0 Å². The van der Waals surface area contributed by atoms with E-state index in [1.54, 1.807) is 0 Å². The van der Waals surface area contributed by atoms with Crippen LogP contribution in [-0.4, -0.2) is 48.4 Å². The van der Waals surface area contributed by atoms with Crippen molar-refractivity contribution in [1.82, 2.24) is 4.31 Å². The van der Waals surface area contributed by atoms with E-state index in [1.807, 2.05) is 0 Å². The van der Waals surface area contributed by atoms with Gasteiger partial charge in [-0.2, -0.15) is 4.31 Å². The molecule has 0 spiro atoms. The second-order valence-corrected chi connectivity index (χ2v) is 10.4. The largest absolute Gasteiger partial charge is 0.495 e. The first-order valence-electron chi connectivity index (χ1n) is 8.73. The number of nitrogens with zero attached hydrogens (tertiary/aromatic N) is 1. The van der Waals surface area contributed by atoms with Gasteiger partial charge >= 0.3 is 0 Å². The topological polar surface area (TPSA) is 102 Å². The second-order valence-electron chi connectivity index (χ2n) is 6.37. The van der Waals surface area contributed by atoms with Crippen LogP contribution in [0.2, 0.25) is 5.02 Å². The van der Waals surface area contributed by atoms with E-state index in [4.69, 9.17) is 21.1 Å². The van der Waals surface area contributed by atoms with E-state index < -0.39 is 20.0 Å². The molecule has 3 rings (SSSR count). The highest BCUT2D eigenvalue weighted by molar-refractivity contribution is 7.93. The van der Waals surface area contributed by atoms with Crippen molar-refractivity contribution >= 4 is 37.3 Å². The fraction of sp³-hybridized carbons (Fsp3) is 0.333. The molecule has 0 saturated carbocycles. The van der Waals surface area contributed by atoms with Gasteiger partial charge in [-0.25, -0.2) is 16.8 Å². The minimum absolute atomic E-state index is 0.00481. The second kappa shape index (κ2) is 8.39. The number of anilines is 1. The van der Waals surface area contributed by atoms with Crippen molar-refractivity contribution in [3.05, 3.63) is 41.4 Å². The van der Waals surface area contributed by atoms with Crippen molar-refractivity contribution in [2.24, 2.45) is 0 Å². The van der Waals surface area contributed by atoms with Crippen molar-refractivity contribution in [2.75, 3.05) is 32.0 Å². The van der Waals surface area contributed by atoms with Gasteiger partial charge in [0.15, 0.2) is 0 Å². The quantitative estimate of drug-likeness (QED) is 0.681. The summed E-state index contributed by atoms with van der Waals surface area (Å²) in [6.45, 7) is 0.879. The molecule has 0 amide bonds. The third kappa shape index (κ3) is 4.45. The molecule has 8 nitrogen and oxygen atoms in total. The molecule has 0 aliphatic carbocycles. The number of hydrogen-bond acceptors (Lipinski definition) is 6. The third-order valence-electron chi connectivity index (χ3n) is 4.53. The molecule has 1 N–H and O–H groups in total. The van der Waals surface area contributed by atoms with Crippen LogP contribution in [0.4, 0.5) is 5.69 Å². The highest BCUT2D eigenvalue weighted by Crippen LogP contribution is 2.34. The van der Waals surface area contributed by atoms with E-state index in [0.717, 1.165) is 12.8 Å². The van der Waals surface area contributed by atoms with E-state index in [0.29, 0.717) is 13.1 Å². The summed E-state index contributed by atoms with van der Waals surface area (Å²) in [5.41, 5.74) is -0.00481. The fourth-order valence-electron chi connectivity index (χ4n) is 3.07. The molecule has 2 aromatic rings. The van der Waals surface area contributed by atoms with Crippen LogP contribution in [0.5, 0.6) is 11.5 Å². The lowest BCUT2D eigenvalue weighted by molar-refractivity contribution is 0.403. The van der Waals surface area contributed by atoms with Crippen LogP contribution in [0, 0.1) is 0 Å². The molecule has 0 unspecified atom stereocenters. The van der Waals surface area contributed by atoms with Crippen molar-refractivity contribution in [1.29, 1.82) is 0 Å². The number of methoxy groups -OCH3 is 2. The lowest BCUT2D eigenvalue weighted by Crippen LogP contribution is -2.28. The molecule has 1 aliphatic heterocycles. The molecule has 0 atom stereocenters. The standard InChI is InChI=1S/C18H21ClN2O6S2/c1-26-16-8-6-14(29(24,25)21-9-3-4-10-21)12-15(16)20-28(22,23)18-11-13(19)5-7-17(18)27-2/h5-8,11-12,20H,3-4,9-10H2,1-2H3. The first-order chi connectivity index (χ1) is 13.7. The Bertz CT molecular complexity index is 1110. The van der Waals surface area contributed by atoms with Crippen molar-refractivity contribution in [3.63, 3.8) is 0 Å². The average Bonchev–Trinajstić information content (AvgIpc) is 3.23. The van der Waals surface area contributed by atoms with Gasteiger partial charge in [-0.1, -0.05) is 11.6 Å². The average molecular weight is 461 g/mol. The van der Waals surface area contributed by atoms with Crippen molar-refractivity contribution < 1.29 is 26.3 Å². The van der Waals surface area contributed by atoms with Crippen LogP contribution in [-0.2, 0) is 20.0 Å². The monoisotopic (exact) mass is 460 g/mol. The highest BCUT2D eigenvalue weighted by atomic mass is 35.5. The number of nitrogens with one attached hydrogen (secondary N) is 1. The zero-order valence-electron chi connectivity index (χ0n) is 15.9. The van der Waals surface area contributed by atoms with Crippen molar-refractivity contribution in [3.8, 4) is 11.5 Å². The number of hydrogen-bond donors (Lipinski definition) is 1. The Morgan fingerprint density at radius 3 is 2.17 bits per heavy atom. The molecule has 1 heterocycles. The van der Waals surface area contributed by atoms with Gasteiger partial charge in [-0.15, -0.1) is 0 Å². The Morgan fingerprint density at radius 1 is 0.931 bits per heavy atom. The summed E-state index contributed by atoms with van der Waals surface area (Å²) >= 11 is 5.94. The van der Waals surface area contributed by atoms with Crippen LogP contribution in [0.3, 0.4) is 0 Å². The smallest absolute Gasteiger partial charge is 0.265 e. The molecule has 0 radical (unpaired) electrons. The summed E-state index contributed by atoms with van der Waals surface area (Å²) in [6.07, 6.45) is 1.59. The van der Waals surface area contributed by atoms with E-state index in [2.05, 4.69) is 4.72 Å². The molecule has 1 saturated heterocycles. The van der Waals surface area contributed by atoms with Gasteiger partial charge in [-0.3, -0.25) is 4.72 Å². The molecule has 158 valence electrons. The van der Waals surface area contributed by atoms with E-state index >= 15 is 0 Å². The minimum atomic E-state index is -4.14. The van der Waals surface area contributed by atoms with Crippen LogP contribution < -0.4 is 14.2 Å². The van der Waals surface area contributed by atoms with Gasteiger partial charge in [-0.05, 0) is 49.2 Å². The van der Waals surface area contributed by atoms with E-state index in [9.17, 15) is 16.8 Å². The van der Waals surface area contributed by atoms with Crippen LogP contribution >= 0.6 is 11.6 Å².